The van der Waals surface area contributed by atoms with Crippen LogP contribution in [0.5, 0.6) is 0 Å². The summed E-state index contributed by atoms with van der Waals surface area (Å²) in [4.78, 5) is 12.0. The lowest BCUT2D eigenvalue weighted by atomic mass is 10.3. The highest BCUT2D eigenvalue weighted by Crippen LogP contribution is 2.12. The van der Waals surface area contributed by atoms with Crippen LogP contribution in [0.4, 0.5) is 5.69 Å². The summed E-state index contributed by atoms with van der Waals surface area (Å²) in [6.45, 7) is 11.5. The molecular weight excluding hydrogens is 174 g/mol. The first kappa shape index (κ1) is 12.5. The first-order valence-corrected chi connectivity index (χ1v) is 4.66. The van der Waals surface area contributed by atoms with E-state index in [-0.39, 0.29) is 0 Å². The zero-order valence-electron chi connectivity index (χ0n) is 9.28. The van der Waals surface area contributed by atoms with E-state index < -0.39 is 0 Å². The molecule has 0 unspecified atom stereocenters. The normalized spacial score (nSPS) is 9.43. The Labute approximate surface area is 85.6 Å². The molecule has 1 aromatic heterocycles. The topological polar surface area (TPSA) is 38.1 Å². The monoisotopic (exact) mass is 191 g/mol. The van der Waals surface area contributed by atoms with Crippen LogP contribution in [-0.4, -0.2) is 16.2 Å². The first-order valence-electron chi connectivity index (χ1n) is 4.66. The third-order valence-corrected chi connectivity index (χ3v) is 1.31. The summed E-state index contributed by atoms with van der Waals surface area (Å²) >= 11 is 0. The summed E-state index contributed by atoms with van der Waals surface area (Å²) in [6, 6.07) is 0. The summed E-state index contributed by atoms with van der Waals surface area (Å²) in [5.41, 5.74) is 2.58. The van der Waals surface area contributed by atoms with Gasteiger partial charge in [0, 0.05) is 6.21 Å². The number of aryl methyl sites for hydroxylation is 1. The quantitative estimate of drug-likeness (QED) is 0.674. The lowest BCUT2D eigenvalue weighted by Gasteiger charge is -1.95. The molecule has 1 rings (SSSR count). The minimum absolute atomic E-state index is 0.792. The fraction of sp³-hybridized carbons (Fsp3) is 0.364. The molecule has 3 nitrogen and oxygen atoms in total. The molecule has 1 aromatic rings. The number of aromatic nitrogens is 2. The van der Waals surface area contributed by atoms with Crippen LogP contribution in [0.25, 0.3) is 0 Å². The van der Waals surface area contributed by atoms with Gasteiger partial charge in [0.15, 0.2) is 0 Å². The van der Waals surface area contributed by atoms with Gasteiger partial charge < -0.3 is 0 Å². The molecule has 0 saturated carbocycles. The second-order valence-corrected chi connectivity index (χ2v) is 2.60. The van der Waals surface area contributed by atoms with Gasteiger partial charge in [-0.3, -0.25) is 4.99 Å². The molecule has 0 aromatic carbocycles. The number of rotatable bonds is 2. The Balaban J connectivity index is 0.000000791. The van der Waals surface area contributed by atoms with E-state index in [2.05, 4.69) is 21.5 Å². The second kappa shape index (κ2) is 6.95. The molecule has 76 valence electrons. The van der Waals surface area contributed by atoms with Crippen molar-refractivity contribution in [2.75, 3.05) is 0 Å². The molecule has 14 heavy (non-hydrogen) atoms. The summed E-state index contributed by atoms with van der Waals surface area (Å²) in [7, 11) is 0. The van der Waals surface area contributed by atoms with Gasteiger partial charge in [-0.25, -0.2) is 9.97 Å². The molecule has 1 heterocycles. The Bertz CT molecular complexity index is 316. The lowest BCUT2D eigenvalue weighted by Crippen LogP contribution is -1.83. The van der Waals surface area contributed by atoms with Gasteiger partial charge in [-0.05, 0) is 19.4 Å². The van der Waals surface area contributed by atoms with E-state index in [9.17, 15) is 0 Å². The summed E-state index contributed by atoms with van der Waals surface area (Å²) in [5.74, 6) is 0. The SMILES string of the molecule is C=C(C)C=Nc1cncnc1C.CC. The van der Waals surface area contributed by atoms with Crippen LogP contribution >= 0.6 is 0 Å². The predicted octanol–water partition coefficient (Wildman–Crippen LogP) is 3.09. The van der Waals surface area contributed by atoms with E-state index in [0.717, 1.165) is 17.0 Å². The summed E-state index contributed by atoms with van der Waals surface area (Å²) < 4.78 is 0. The largest absolute Gasteiger partial charge is 0.253 e. The molecule has 0 saturated heterocycles. The van der Waals surface area contributed by atoms with Crippen molar-refractivity contribution in [1.82, 2.24) is 9.97 Å². The van der Waals surface area contributed by atoms with Gasteiger partial charge in [0.25, 0.3) is 0 Å². The van der Waals surface area contributed by atoms with Crippen molar-refractivity contribution in [2.45, 2.75) is 27.7 Å². The van der Waals surface area contributed by atoms with E-state index in [1.165, 1.54) is 6.33 Å². The predicted molar refractivity (Wildman–Crippen MR) is 61.1 cm³/mol. The molecule has 0 amide bonds. The van der Waals surface area contributed by atoms with Crippen LogP contribution in [0.15, 0.2) is 29.7 Å². The van der Waals surface area contributed by atoms with Crippen LogP contribution in [-0.2, 0) is 0 Å². The number of nitrogens with zero attached hydrogens (tertiary/aromatic N) is 3. The van der Waals surface area contributed by atoms with E-state index in [1.807, 2.05) is 27.7 Å². The van der Waals surface area contributed by atoms with Gasteiger partial charge in [0.2, 0.25) is 0 Å². The smallest absolute Gasteiger partial charge is 0.115 e. The third kappa shape index (κ3) is 4.50. The summed E-state index contributed by atoms with van der Waals surface area (Å²) in [5, 5.41) is 0. The fourth-order valence-electron chi connectivity index (χ4n) is 0.690. The Kier molecular flexibility index (Phi) is 6.20. The van der Waals surface area contributed by atoms with Crippen molar-refractivity contribution >= 4 is 11.9 Å². The van der Waals surface area contributed by atoms with E-state index >= 15 is 0 Å². The zero-order valence-corrected chi connectivity index (χ0v) is 9.28. The van der Waals surface area contributed by atoms with Gasteiger partial charge in [0.1, 0.15) is 12.0 Å². The number of aliphatic imine (C=N–C) groups is 1. The van der Waals surface area contributed by atoms with Crippen LogP contribution in [0, 0.1) is 6.92 Å². The molecule has 0 aliphatic rings. The highest BCUT2D eigenvalue weighted by molar-refractivity contribution is 5.79. The molecule has 0 spiro atoms. The highest BCUT2D eigenvalue weighted by Gasteiger charge is 1.93. The van der Waals surface area contributed by atoms with Crippen LogP contribution in [0.1, 0.15) is 26.5 Å². The van der Waals surface area contributed by atoms with Gasteiger partial charge in [-0.1, -0.05) is 20.4 Å². The number of hydrogen-bond acceptors (Lipinski definition) is 3. The van der Waals surface area contributed by atoms with Crippen molar-refractivity contribution in [2.24, 2.45) is 4.99 Å². The minimum atomic E-state index is 0.792. The molecule has 0 atom stereocenters. The number of hydrogen-bond donors (Lipinski definition) is 0. The Morgan fingerprint density at radius 1 is 1.50 bits per heavy atom. The maximum absolute atomic E-state index is 4.16. The van der Waals surface area contributed by atoms with Gasteiger partial charge >= 0.3 is 0 Å². The molecular formula is C11H17N3. The van der Waals surface area contributed by atoms with Crippen molar-refractivity contribution < 1.29 is 0 Å². The van der Waals surface area contributed by atoms with Crippen LogP contribution < -0.4 is 0 Å². The second-order valence-electron chi connectivity index (χ2n) is 2.60. The first-order chi connectivity index (χ1) is 6.70. The summed E-state index contributed by atoms with van der Waals surface area (Å²) in [6.07, 6.45) is 4.89. The van der Waals surface area contributed by atoms with Gasteiger partial charge in [-0.15, -0.1) is 0 Å². The average molecular weight is 191 g/mol. The molecule has 0 N–H and O–H groups in total. The van der Waals surface area contributed by atoms with Crippen molar-refractivity contribution in [3.63, 3.8) is 0 Å². The van der Waals surface area contributed by atoms with Crippen molar-refractivity contribution in [1.29, 1.82) is 0 Å². The van der Waals surface area contributed by atoms with Gasteiger partial charge in [0.05, 0.1) is 11.9 Å². The lowest BCUT2D eigenvalue weighted by molar-refractivity contribution is 1.09. The Hall–Kier alpha value is -1.51. The molecule has 0 aliphatic heterocycles. The molecule has 0 radical (unpaired) electrons. The fourth-order valence-corrected chi connectivity index (χ4v) is 0.690. The molecule has 3 heteroatoms. The molecule has 0 aliphatic carbocycles. The van der Waals surface area contributed by atoms with Crippen LogP contribution in [0.2, 0.25) is 0 Å². The third-order valence-electron chi connectivity index (χ3n) is 1.31. The average Bonchev–Trinajstić information content (AvgIpc) is 2.19. The van der Waals surface area contributed by atoms with Crippen LogP contribution in [0.3, 0.4) is 0 Å². The Morgan fingerprint density at radius 2 is 2.14 bits per heavy atom. The zero-order chi connectivity index (χ0) is 11.0. The van der Waals surface area contributed by atoms with Gasteiger partial charge in [-0.2, -0.15) is 0 Å². The highest BCUT2D eigenvalue weighted by atomic mass is 14.9. The van der Waals surface area contributed by atoms with Crippen molar-refractivity contribution in [3.05, 3.63) is 30.4 Å². The minimum Gasteiger partial charge on any atom is -0.253 e. The molecule has 0 bridgehead atoms. The van der Waals surface area contributed by atoms with E-state index in [1.54, 1.807) is 12.4 Å². The van der Waals surface area contributed by atoms with E-state index in [4.69, 9.17) is 0 Å². The van der Waals surface area contributed by atoms with E-state index in [0.29, 0.717) is 0 Å². The van der Waals surface area contributed by atoms with Crippen molar-refractivity contribution in [3.8, 4) is 0 Å². The Morgan fingerprint density at radius 3 is 2.64 bits per heavy atom. The maximum Gasteiger partial charge on any atom is 0.115 e. The number of allylic oxidation sites excluding steroid dienone is 1. The maximum atomic E-state index is 4.16. The molecule has 0 fully saturated rings. The standard InChI is InChI=1S/C9H11N3.C2H6/c1-7(2)4-11-9-5-10-6-12-8(9)3;1-2/h4-6H,1H2,2-3H3;1-2H3.